The van der Waals surface area contributed by atoms with Crippen LogP contribution in [0.15, 0.2) is 66.7 Å². The number of ether oxygens (including phenoxy) is 3. The maximum Gasteiger partial charge on any atom is 0.262 e. The van der Waals surface area contributed by atoms with Crippen LogP contribution in [0.4, 0.5) is 11.4 Å². The van der Waals surface area contributed by atoms with Crippen molar-refractivity contribution in [3.63, 3.8) is 0 Å². The Kier molecular flexibility index (Phi) is 4.24. The number of benzene rings is 3. The van der Waals surface area contributed by atoms with Crippen molar-refractivity contribution in [1.29, 1.82) is 0 Å². The van der Waals surface area contributed by atoms with Crippen molar-refractivity contribution in [2.45, 2.75) is 6.17 Å². The van der Waals surface area contributed by atoms with E-state index in [0.29, 0.717) is 41.7 Å². The molecule has 0 aliphatic carbocycles. The van der Waals surface area contributed by atoms with Crippen molar-refractivity contribution in [3.8, 4) is 17.2 Å². The first-order chi connectivity index (χ1) is 14.3. The fourth-order valence-corrected chi connectivity index (χ4v) is 3.79. The minimum absolute atomic E-state index is 0.0938. The Hall–Kier alpha value is -3.67. The Balaban J connectivity index is 1.66. The number of nitrogens with one attached hydrogen (secondary N) is 1. The van der Waals surface area contributed by atoms with Crippen LogP contribution in [0.25, 0.3) is 0 Å². The lowest BCUT2D eigenvalue weighted by atomic mass is 10.0. The molecule has 2 aliphatic heterocycles. The SMILES string of the molecule is COc1ccccc1N1C(=O)c2ccccc2N[C@@H]1c1ccc2c(c1)OCCO2. The number of amides is 1. The summed E-state index contributed by atoms with van der Waals surface area (Å²) >= 11 is 0. The van der Waals surface area contributed by atoms with Crippen molar-refractivity contribution < 1.29 is 19.0 Å². The second kappa shape index (κ2) is 7.05. The van der Waals surface area contributed by atoms with Gasteiger partial charge < -0.3 is 19.5 Å². The molecule has 6 nitrogen and oxygen atoms in total. The van der Waals surface area contributed by atoms with Gasteiger partial charge in [-0.25, -0.2) is 0 Å². The molecule has 0 bridgehead atoms. The second-order valence-corrected chi connectivity index (χ2v) is 6.84. The fraction of sp³-hybridized carbons (Fsp3) is 0.174. The summed E-state index contributed by atoms with van der Waals surface area (Å²) < 4.78 is 16.9. The van der Waals surface area contributed by atoms with E-state index in [4.69, 9.17) is 14.2 Å². The van der Waals surface area contributed by atoms with Crippen LogP contribution >= 0.6 is 0 Å². The van der Waals surface area contributed by atoms with Crippen LogP contribution in [0.3, 0.4) is 0 Å². The molecule has 3 aromatic rings. The Labute approximate surface area is 168 Å². The van der Waals surface area contributed by atoms with Crippen molar-refractivity contribution in [2.24, 2.45) is 0 Å². The monoisotopic (exact) mass is 388 g/mol. The molecular formula is C23H20N2O4. The summed E-state index contributed by atoms with van der Waals surface area (Å²) in [5.41, 5.74) is 3.00. The minimum Gasteiger partial charge on any atom is -0.495 e. The second-order valence-electron chi connectivity index (χ2n) is 6.84. The van der Waals surface area contributed by atoms with Crippen LogP contribution in [0, 0.1) is 0 Å². The normalized spacial score (nSPS) is 17.3. The summed E-state index contributed by atoms with van der Waals surface area (Å²) in [4.78, 5) is 15.3. The summed E-state index contributed by atoms with van der Waals surface area (Å²) in [7, 11) is 1.60. The summed E-state index contributed by atoms with van der Waals surface area (Å²) in [5.74, 6) is 1.93. The van der Waals surface area contributed by atoms with E-state index < -0.39 is 6.17 Å². The lowest BCUT2D eigenvalue weighted by molar-refractivity contribution is 0.0974. The van der Waals surface area contributed by atoms with Gasteiger partial charge in [-0.15, -0.1) is 0 Å². The molecule has 6 heteroatoms. The molecule has 29 heavy (non-hydrogen) atoms. The van der Waals surface area contributed by atoms with Crippen LogP contribution < -0.4 is 24.4 Å². The Bertz CT molecular complexity index is 1080. The first-order valence-corrected chi connectivity index (χ1v) is 9.48. The lowest BCUT2D eigenvalue weighted by Gasteiger charge is -2.38. The van der Waals surface area contributed by atoms with E-state index in [1.807, 2.05) is 66.7 Å². The minimum atomic E-state index is -0.426. The van der Waals surface area contributed by atoms with Crippen molar-refractivity contribution in [3.05, 3.63) is 77.9 Å². The number of hydrogen-bond acceptors (Lipinski definition) is 5. The number of nitrogens with zero attached hydrogens (tertiary/aromatic N) is 1. The van der Waals surface area contributed by atoms with Crippen LogP contribution in [0.5, 0.6) is 17.2 Å². The average Bonchev–Trinajstić information content (AvgIpc) is 2.79. The first kappa shape index (κ1) is 17.4. The Morgan fingerprint density at radius 3 is 2.59 bits per heavy atom. The molecule has 1 N–H and O–H groups in total. The highest BCUT2D eigenvalue weighted by Crippen LogP contribution is 2.42. The van der Waals surface area contributed by atoms with Gasteiger partial charge >= 0.3 is 0 Å². The van der Waals surface area contributed by atoms with Gasteiger partial charge in [0.05, 0.1) is 18.4 Å². The Morgan fingerprint density at radius 1 is 0.966 bits per heavy atom. The molecule has 0 radical (unpaired) electrons. The van der Waals surface area contributed by atoms with Gasteiger partial charge in [-0.2, -0.15) is 0 Å². The van der Waals surface area contributed by atoms with Crippen LogP contribution in [-0.2, 0) is 0 Å². The number of carbonyl (C=O) groups is 1. The van der Waals surface area contributed by atoms with E-state index in [1.54, 1.807) is 12.0 Å². The molecule has 0 aromatic heterocycles. The van der Waals surface area contributed by atoms with Gasteiger partial charge in [0.25, 0.3) is 5.91 Å². The highest BCUT2D eigenvalue weighted by atomic mass is 16.6. The average molecular weight is 388 g/mol. The number of hydrogen-bond donors (Lipinski definition) is 1. The molecule has 1 amide bonds. The predicted octanol–water partition coefficient (Wildman–Crippen LogP) is 4.24. The van der Waals surface area contributed by atoms with Crippen molar-refractivity contribution in [1.82, 2.24) is 0 Å². The van der Waals surface area contributed by atoms with Crippen molar-refractivity contribution in [2.75, 3.05) is 30.5 Å². The summed E-state index contributed by atoms with van der Waals surface area (Å²) in [5, 5.41) is 3.50. The molecule has 0 fully saturated rings. The predicted molar refractivity (Wildman–Crippen MR) is 110 cm³/mol. The zero-order chi connectivity index (χ0) is 19.8. The third-order valence-electron chi connectivity index (χ3n) is 5.15. The number of rotatable bonds is 3. The molecule has 0 saturated carbocycles. The topological polar surface area (TPSA) is 60.0 Å². The number of para-hydroxylation sites is 3. The lowest BCUT2D eigenvalue weighted by Crippen LogP contribution is -2.43. The Morgan fingerprint density at radius 2 is 1.72 bits per heavy atom. The zero-order valence-corrected chi connectivity index (χ0v) is 15.9. The molecule has 1 atom stereocenters. The highest BCUT2D eigenvalue weighted by Gasteiger charge is 2.36. The third-order valence-corrected chi connectivity index (χ3v) is 5.15. The van der Waals surface area contributed by atoms with Crippen LogP contribution in [-0.4, -0.2) is 26.2 Å². The standard InChI is InChI=1S/C23H20N2O4/c1-27-19-9-5-4-8-18(19)25-22(24-17-7-3-2-6-16(17)23(25)26)15-10-11-20-21(14-15)29-13-12-28-20/h2-11,14,22,24H,12-13H2,1H3/t22-/m0/s1. The van der Waals surface area contributed by atoms with Gasteiger partial charge in [0.2, 0.25) is 0 Å². The smallest absolute Gasteiger partial charge is 0.262 e. The van der Waals surface area contributed by atoms with E-state index in [9.17, 15) is 4.79 Å². The molecule has 0 spiro atoms. The molecule has 5 rings (SSSR count). The van der Waals surface area contributed by atoms with Gasteiger partial charge in [0, 0.05) is 5.69 Å². The molecule has 0 unspecified atom stereocenters. The summed E-state index contributed by atoms with van der Waals surface area (Å²) in [6.45, 7) is 1.04. The van der Waals surface area contributed by atoms with Gasteiger partial charge in [0.1, 0.15) is 25.1 Å². The maximum atomic E-state index is 13.5. The van der Waals surface area contributed by atoms with E-state index >= 15 is 0 Å². The van der Waals surface area contributed by atoms with E-state index in [0.717, 1.165) is 11.3 Å². The van der Waals surface area contributed by atoms with Crippen molar-refractivity contribution >= 4 is 17.3 Å². The van der Waals surface area contributed by atoms with Crippen LogP contribution in [0.1, 0.15) is 22.1 Å². The maximum absolute atomic E-state index is 13.5. The number of fused-ring (bicyclic) bond motifs is 2. The molecule has 3 aromatic carbocycles. The summed E-state index contributed by atoms with van der Waals surface area (Å²) in [6, 6.07) is 20.8. The fourth-order valence-electron chi connectivity index (χ4n) is 3.79. The molecule has 0 saturated heterocycles. The molecule has 146 valence electrons. The van der Waals surface area contributed by atoms with E-state index in [1.165, 1.54) is 0 Å². The van der Waals surface area contributed by atoms with E-state index in [2.05, 4.69) is 5.32 Å². The quantitative estimate of drug-likeness (QED) is 0.727. The van der Waals surface area contributed by atoms with Gasteiger partial charge in [-0.1, -0.05) is 30.3 Å². The highest BCUT2D eigenvalue weighted by molar-refractivity contribution is 6.12. The van der Waals surface area contributed by atoms with Gasteiger partial charge in [-0.05, 0) is 42.0 Å². The third kappa shape index (κ3) is 2.93. The molecular weight excluding hydrogens is 368 g/mol. The molecule has 2 aliphatic rings. The number of anilines is 2. The summed E-state index contributed by atoms with van der Waals surface area (Å²) in [6.07, 6.45) is -0.426. The number of methoxy groups -OCH3 is 1. The zero-order valence-electron chi connectivity index (χ0n) is 15.9. The molecule has 2 heterocycles. The van der Waals surface area contributed by atoms with Gasteiger partial charge in [0.15, 0.2) is 11.5 Å². The number of carbonyl (C=O) groups excluding carboxylic acids is 1. The largest absolute Gasteiger partial charge is 0.495 e. The van der Waals surface area contributed by atoms with Gasteiger partial charge in [-0.3, -0.25) is 9.69 Å². The van der Waals surface area contributed by atoms with Crippen LogP contribution in [0.2, 0.25) is 0 Å². The van der Waals surface area contributed by atoms with E-state index in [-0.39, 0.29) is 5.91 Å². The first-order valence-electron chi connectivity index (χ1n) is 9.48.